The van der Waals surface area contributed by atoms with Gasteiger partial charge in [0.1, 0.15) is 0 Å². The number of hydrogen-bond donors (Lipinski definition) is 1. The van der Waals surface area contributed by atoms with Crippen molar-refractivity contribution in [1.29, 1.82) is 0 Å². The van der Waals surface area contributed by atoms with Crippen LogP contribution in [0.2, 0.25) is 0 Å². The van der Waals surface area contributed by atoms with Crippen molar-refractivity contribution in [3.63, 3.8) is 0 Å². The van der Waals surface area contributed by atoms with Crippen LogP contribution in [0.5, 0.6) is 0 Å². The Kier molecular flexibility index (Phi) is 23.6. The standard InChI is InChI=1S/C20H40O4P2S4.C10H18.C5H11O2PS2/c1-8-9-18(30-26(28)23-14-20(6,7)15-24-26)11-10-16(2)17(3)29-25(27)21-12-19(4,5)13-22-25;1-4-6-7-8-9-10(3)5-2;1-5(2)3-6-8(9,10)7-4-5/h16-18H,8-15H2,1-7H3;5-7,10H,2,4,8-9H2,1,3H3;3-4H2,1-2H3,(H,9,10)/b;7-6+;. The normalized spacial score (nSPS) is 25.4. The summed E-state index contributed by atoms with van der Waals surface area (Å²) in [5.41, 5.74) is -6.36. The molecule has 0 N–H and O–H groups in total. The zero-order chi connectivity index (χ0) is 38.3. The Morgan fingerprint density at radius 2 is 1.12 bits per heavy atom. The average Bonchev–Trinajstić information content (AvgIpc) is 3.04. The molecule has 3 aliphatic heterocycles. The molecule has 0 radical (unpaired) electrons. The first-order chi connectivity index (χ1) is 23.0. The van der Waals surface area contributed by atoms with Crippen LogP contribution in [0.25, 0.3) is 0 Å². The molecule has 296 valence electrons. The number of hydrogen-bond acceptors (Lipinski definition) is 11. The Hall–Kier alpha value is 2.24. The van der Waals surface area contributed by atoms with E-state index in [4.69, 9.17) is 62.6 Å². The maximum Gasteiger partial charge on any atom is 0.247 e. The summed E-state index contributed by atoms with van der Waals surface area (Å²) >= 11 is 24.1. The number of thiol groups is 1. The molecule has 0 spiro atoms. The van der Waals surface area contributed by atoms with E-state index in [0.29, 0.717) is 62.0 Å². The van der Waals surface area contributed by atoms with Gasteiger partial charge in [0, 0.05) is 26.7 Å². The van der Waals surface area contributed by atoms with Crippen molar-refractivity contribution >= 4 is 87.5 Å². The third-order valence-corrected chi connectivity index (χ3v) is 21.8. The molecule has 0 aromatic heterocycles. The van der Waals surface area contributed by atoms with E-state index < -0.39 is 17.1 Å². The lowest BCUT2D eigenvalue weighted by Crippen LogP contribution is -2.29. The fourth-order valence-electron chi connectivity index (χ4n) is 4.39. The lowest BCUT2D eigenvalue weighted by molar-refractivity contribution is 0.0671. The van der Waals surface area contributed by atoms with Crippen LogP contribution in [0.15, 0.2) is 24.8 Å². The van der Waals surface area contributed by atoms with Gasteiger partial charge >= 0.3 is 0 Å². The summed E-state index contributed by atoms with van der Waals surface area (Å²) in [7, 11) is 0. The van der Waals surface area contributed by atoms with E-state index in [-0.39, 0.29) is 16.2 Å². The van der Waals surface area contributed by atoms with Crippen molar-refractivity contribution < 1.29 is 27.1 Å². The van der Waals surface area contributed by atoms with Gasteiger partial charge in [0.25, 0.3) is 0 Å². The molecule has 15 heteroatoms. The van der Waals surface area contributed by atoms with Gasteiger partial charge in [0.15, 0.2) is 0 Å². The van der Waals surface area contributed by atoms with Gasteiger partial charge in [-0.2, -0.15) is 0 Å². The Balaban J connectivity index is 0.000000506. The van der Waals surface area contributed by atoms with Crippen molar-refractivity contribution in [2.24, 2.45) is 28.1 Å². The molecule has 3 heterocycles. The van der Waals surface area contributed by atoms with E-state index in [1.165, 1.54) is 12.8 Å². The molecule has 3 aliphatic rings. The zero-order valence-electron chi connectivity index (χ0n) is 32.7. The van der Waals surface area contributed by atoms with E-state index >= 15 is 0 Å². The van der Waals surface area contributed by atoms with Crippen LogP contribution in [0, 0.1) is 28.1 Å². The van der Waals surface area contributed by atoms with Gasteiger partial charge in [0.2, 0.25) is 17.1 Å². The summed E-state index contributed by atoms with van der Waals surface area (Å²) in [4.78, 5) is 0. The Morgan fingerprint density at radius 3 is 1.52 bits per heavy atom. The summed E-state index contributed by atoms with van der Waals surface area (Å²) in [6.45, 7) is 31.8. The van der Waals surface area contributed by atoms with Crippen molar-refractivity contribution in [3.8, 4) is 0 Å². The monoisotopic (exact) mass is 870 g/mol. The predicted octanol–water partition coefficient (Wildman–Crippen LogP) is 13.8. The molecule has 0 aromatic carbocycles. The summed E-state index contributed by atoms with van der Waals surface area (Å²) in [5.74, 6) is 1.20. The van der Waals surface area contributed by atoms with Gasteiger partial charge in [-0.1, -0.05) is 136 Å². The first-order valence-electron chi connectivity index (χ1n) is 18.0. The first kappa shape index (κ1) is 50.3. The molecule has 4 atom stereocenters. The molecule has 50 heavy (non-hydrogen) atoms. The fraction of sp³-hybridized carbons (Fsp3) is 0.886. The molecule has 6 nitrogen and oxygen atoms in total. The number of rotatable bonds is 15. The van der Waals surface area contributed by atoms with Crippen LogP contribution in [-0.2, 0) is 62.6 Å². The number of allylic oxidation sites excluding steroid dienone is 3. The Morgan fingerprint density at radius 1 is 0.680 bits per heavy atom. The second kappa shape index (κ2) is 23.5. The minimum Gasteiger partial charge on any atom is -0.321 e. The molecule has 3 fully saturated rings. The Labute approximate surface area is 336 Å². The van der Waals surface area contributed by atoms with Gasteiger partial charge in [-0.15, -0.1) is 6.58 Å². The highest BCUT2D eigenvalue weighted by Gasteiger charge is 2.37. The zero-order valence-corrected chi connectivity index (χ0v) is 40.4. The minimum atomic E-state index is -2.22. The topological polar surface area (TPSA) is 55.4 Å². The summed E-state index contributed by atoms with van der Waals surface area (Å²) in [5, 5.41) is 0.886. The second-order valence-corrected chi connectivity index (χ2v) is 34.4. The van der Waals surface area contributed by atoms with Gasteiger partial charge < -0.3 is 27.1 Å². The minimum absolute atomic E-state index is 0.0596. The highest BCUT2D eigenvalue weighted by molar-refractivity contribution is 8.68. The average molecular weight is 871 g/mol. The van der Waals surface area contributed by atoms with Gasteiger partial charge in [-0.05, 0) is 85.8 Å². The predicted molar refractivity (Wildman–Crippen MR) is 239 cm³/mol. The highest BCUT2D eigenvalue weighted by Crippen LogP contribution is 2.68. The van der Waals surface area contributed by atoms with Gasteiger partial charge in [-0.25, -0.2) is 0 Å². The van der Waals surface area contributed by atoms with Crippen molar-refractivity contribution in [3.05, 3.63) is 24.8 Å². The van der Waals surface area contributed by atoms with Crippen LogP contribution in [0.4, 0.5) is 0 Å². The van der Waals surface area contributed by atoms with Crippen LogP contribution >= 0.6 is 52.1 Å². The van der Waals surface area contributed by atoms with E-state index in [1.54, 1.807) is 22.8 Å². The highest BCUT2D eigenvalue weighted by atomic mass is 32.9. The maximum atomic E-state index is 6.06. The quantitative estimate of drug-likeness (QED) is 0.0973. The van der Waals surface area contributed by atoms with Gasteiger partial charge in [-0.3, -0.25) is 0 Å². The molecule has 4 unspecified atom stereocenters. The molecule has 0 saturated carbocycles. The third-order valence-electron chi connectivity index (χ3n) is 8.21. The largest absolute Gasteiger partial charge is 0.321 e. The molecule has 0 bridgehead atoms. The van der Waals surface area contributed by atoms with Crippen LogP contribution in [0.3, 0.4) is 0 Å². The van der Waals surface area contributed by atoms with E-state index in [0.717, 1.165) is 32.1 Å². The van der Waals surface area contributed by atoms with Crippen LogP contribution in [-0.4, -0.2) is 50.1 Å². The maximum absolute atomic E-state index is 6.06. The second-order valence-electron chi connectivity index (χ2n) is 16.0. The van der Waals surface area contributed by atoms with Crippen molar-refractivity contribution in [2.45, 2.75) is 132 Å². The molecule has 0 aromatic rings. The van der Waals surface area contributed by atoms with Crippen molar-refractivity contribution in [1.82, 2.24) is 0 Å². The third kappa shape index (κ3) is 22.1. The summed E-state index contributed by atoms with van der Waals surface area (Å²) in [6.07, 6.45) is 14.6. The summed E-state index contributed by atoms with van der Waals surface area (Å²) < 4.78 is 34.7. The fourth-order valence-corrected chi connectivity index (χ4v) is 18.2. The molecule has 0 amide bonds. The molecule has 3 saturated heterocycles. The van der Waals surface area contributed by atoms with E-state index in [2.05, 4.69) is 107 Å². The molecular formula is C35H69O6P3S6. The van der Waals surface area contributed by atoms with Crippen molar-refractivity contribution in [2.75, 3.05) is 39.6 Å². The van der Waals surface area contributed by atoms with E-state index in [9.17, 15) is 0 Å². The molecular weight excluding hydrogens is 802 g/mol. The van der Waals surface area contributed by atoms with Gasteiger partial charge in [0.05, 0.1) is 39.6 Å². The summed E-state index contributed by atoms with van der Waals surface area (Å²) in [6, 6.07) is 0. The molecule has 3 rings (SSSR count). The first-order valence-corrected chi connectivity index (χ1v) is 30.1. The lowest BCUT2D eigenvalue weighted by atomic mass is 9.97. The van der Waals surface area contributed by atoms with Crippen LogP contribution in [0.1, 0.15) is 121 Å². The lowest BCUT2D eigenvalue weighted by Gasteiger charge is -2.38. The molecule has 0 aliphatic carbocycles. The van der Waals surface area contributed by atoms with E-state index in [1.807, 2.05) is 6.08 Å². The SMILES string of the molecule is C=CC(C)CC/C=C/CC.CC1(C)COP(=S)(S)OC1.CCCC(CCC(C)C(C)SP1(=S)OCC(C)(C)CO1)SP1(=S)OCC(C)(C)CO1. The Bertz CT molecular complexity index is 1140. The van der Waals surface area contributed by atoms with Crippen LogP contribution < -0.4 is 0 Å². The smallest absolute Gasteiger partial charge is 0.247 e.